The molecule has 2 aromatic carbocycles. The van der Waals surface area contributed by atoms with Crippen molar-refractivity contribution in [3.63, 3.8) is 0 Å². The third-order valence-corrected chi connectivity index (χ3v) is 5.46. The highest BCUT2D eigenvalue weighted by atomic mass is 35.5. The molecule has 0 saturated heterocycles. The summed E-state index contributed by atoms with van der Waals surface area (Å²) in [6, 6.07) is 9.85. The van der Waals surface area contributed by atoms with Gasteiger partial charge in [0.15, 0.2) is 4.34 Å². The summed E-state index contributed by atoms with van der Waals surface area (Å²) in [6.45, 7) is 0. The van der Waals surface area contributed by atoms with Gasteiger partial charge in [-0.3, -0.25) is 14.9 Å². The van der Waals surface area contributed by atoms with Crippen molar-refractivity contribution in [1.29, 1.82) is 0 Å². The van der Waals surface area contributed by atoms with Crippen LogP contribution in [0.25, 0.3) is 0 Å². The van der Waals surface area contributed by atoms with Crippen LogP contribution >= 0.6 is 34.7 Å². The summed E-state index contributed by atoms with van der Waals surface area (Å²) >= 11 is 7.94. The van der Waals surface area contributed by atoms with Crippen molar-refractivity contribution in [3.05, 3.63) is 64.7 Å². The van der Waals surface area contributed by atoms with Gasteiger partial charge in [-0.15, -0.1) is 10.2 Å². The number of carbonyl (C=O) groups is 2. The van der Waals surface area contributed by atoms with Gasteiger partial charge in [0.1, 0.15) is 17.2 Å². The molecule has 0 aliphatic carbocycles. The molecule has 3 aromatic rings. The van der Waals surface area contributed by atoms with Gasteiger partial charge in [-0.25, -0.2) is 8.78 Å². The lowest BCUT2D eigenvalue weighted by atomic mass is 10.2. The summed E-state index contributed by atoms with van der Waals surface area (Å²) in [4.78, 5) is 24.0. The fraction of sp³-hybridized carbons (Fsp3) is 0.0588. The van der Waals surface area contributed by atoms with Crippen molar-refractivity contribution in [1.82, 2.24) is 10.2 Å². The van der Waals surface area contributed by atoms with E-state index in [9.17, 15) is 18.4 Å². The number of amides is 2. The van der Waals surface area contributed by atoms with Crippen molar-refractivity contribution < 1.29 is 18.4 Å². The van der Waals surface area contributed by atoms with Crippen LogP contribution in [0.15, 0.2) is 46.8 Å². The van der Waals surface area contributed by atoms with Crippen LogP contribution in [0.4, 0.5) is 19.6 Å². The number of nitrogens with zero attached hydrogens (tertiary/aromatic N) is 2. The Hall–Kier alpha value is -2.56. The third-order valence-electron chi connectivity index (χ3n) is 3.25. The first-order valence-corrected chi connectivity index (χ1v) is 9.87. The summed E-state index contributed by atoms with van der Waals surface area (Å²) in [6.07, 6.45) is 0. The molecule has 28 heavy (non-hydrogen) atoms. The number of rotatable bonds is 6. The van der Waals surface area contributed by atoms with E-state index < -0.39 is 23.1 Å². The van der Waals surface area contributed by atoms with Crippen LogP contribution in [0.2, 0.25) is 5.02 Å². The Morgan fingerprint density at radius 1 is 1.07 bits per heavy atom. The first-order valence-electron chi connectivity index (χ1n) is 7.69. The number of hydrogen-bond donors (Lipinski definition) is 2. The molecule has 6 nitrogen and oxygen atoms in total. The van der Waals surface area contributed by atoms with E-state index in [0.29, 0.717) is 15.0 Å². The van der Waals surface area contributed by atoms with Gasteiger partial charge < -0.3 is 5.32 Å². The molecule has 0 aliphatic heterocycles. The Morgan fingerprint density at radius 2 is 1.79 bits per heavy atom. The minimum Gasteiger partial charge on any atom is -0.325 e. The van der Waals surface area contributed by atoms with Crippen molar-refractivity contribution in [2.24, 2.45) is 0 Å². The minimum atomic E-state index is -0.977. The van der Waals surface area contributed by atoms with Crippen LogP contribution in [-0.4, -0.2) is 27.8 Å². The SMILES string of the molecule is O=C(CSc1nnc(NC(=O)c2c(F)cccc2F)s1)Nc1cccc(Cl)c1. The maximum Gasteiger partial charge on any atom is 0.263 e. The Labute approximate surface area is 171 Å². The fourth-order valence-electron chi connectivity index (χ4n) is 2.08. The van der Waals surface area contributed by atoms with Gasteiger partial charge in [0.25, 0.3) is 5.91 Å². The van der Waals surface area contributed by atoms with Gasteiger partial charge in [-0.1, -0.05) is 46.8 Å². The highest BCUT2D eigenvalue weighted by Gasteiger charge is 2.19. The molecule has 0 saturated carbocycles. The molecule has 2 amide bonds. The van der Waals surface area contributed by atoms with Gasteiger partial charge in [0, 0.05) is 10.7 Å². The average Bonchev–Trinajstić information content (AvgIpc) is 3.07. The largest absolute Gasteiger partial charge is 0.325 e. The third kappa shape index (κ3) is 5.24. The van der Waals surface area contributed by atoms with Gasteiger partial charge in [-0.05, 0) is 30.3 Å². The van der Waals surface area contributed by atoms with Crippen LogP contribution < -0.4 is 10.6 Å². The number of carbonyl (C=O) groups excluding carboxylic acids is 2. The van der Waals surface area contributed by atoms with Crippen molar-refractivity contribution in [2.75, 3.05) is 16.4 Å². The van der Waals surface area contributed by atoms with E-state index in [-0.39, 0.29) is 16.8 Å². The van der Waals surface area contributed by atoms with Gasteiger partial charge >= 0.3 is 0 Å². The first kappa shape index (κ1) is 20.2. The smallest absolute Gasteiger partial charge is 0.263 e. The number of halogens is 3. The van der Waals surface area contributed by atoms with E-state index in [1.807, 2.05) is 0 Å². The second-order valence-electron chi connectivity index (χ2n) is 5.27. The zero-order valence-corrected chi connectivity index (χ0v) is 16.3. The molecule has 0 radical (unpaired) electrons. The van der Waals surface area contributed by atoms with Gasteiger partial charge in [0.2, 0.25) is 11.0 Å². The van der Waals surface area contributed by atoms with E-state index in [0.717, 1.165) is 41.3 Å². The number of thioether (sulfide) groups is 1. The van der Waals surface area contributed by atoms with Crippen molar-refractivity contribution in [2.45, 2.75) is 4.34 Å². The van der Waals surface area contributed by atoms with Crippen molar-refractivity contribution >= 4 is 57.3 Å². The molecule has 11 heteroatoms. The van der Waals surface area contributed by atoms with E-state index in [2.05, 4.69) is 20.8 Å². The molecule has 0 aliphatic rings. The summed E-state index contributed by atoms with van der Waals surface area (Å²) in [5, 5.41) is 13.1. The van der Waals surface area contributed by atoms with Crippen LogP contribution in [0.5, 0.6) is 0 Å². The normalized spacial score (nSPS) is 10.5. The lowest BCUT2D eigenvalue weighted by Crippen LogP contribution is -2.15. The lowest BCUT2D eigenvalue weighted by Gasteiger charge is -2.04. The molecular formula is C17H11ClF2N4O2S2. The van der Waals surface area contributed by atoms with Gasteiger partial charge in [-0.2, -0.15) is 0 Å². The molecule has 1 aromatic heterocycles. The Balaban J connectivity index is 1.55. The number of nitrogens with one attached hydrogen (secondary N) is 2. The molecular weight excluding hydrogens is 430 g/mol. The van der Waals surface area contributed by atoms with Gasteiger partial charge in [0.05, 0.1) is 5.75 Å². The van der Waals surface area contributed by atoms with Crippen LogP contribution in [-0.2, 0) is 4.79 Å². The topological polar surface area (TPSA) is 84.0 Å². The van der Waals surface area contributed by atoms with E-state index in [1.165, 1.54) is 0 Å². The number of hydrogen-bond acceptors (Lipinski definition) is 6. The number of benzene rings is 2. The number of aromatic nitrogens is 2. The standard InChI is InChI=1S/C17H11ClF2N4O2S2/c18-9-3-1-4-10(7-9)21-13(25)8-27-17-24-23-16(28-17)22-15(26)14-11(19)5-2-6-12(14)20/h1-7H,8H2,(H,21,25)(H,22,23,26). The molecule has 0 atom stereocenters. The maximum absolute atomic E-state index is 13.6. The van der Waals surface area contributed by atoms with Crippen LogP contribution in [0.1, 0.15) is 10.4 Å². The zero-order chi connectivity index (χ0) is 20.1. The Bertz CT molecular complexity index is 1010. The second kappa shape index (κ2) is 9.09. The average molecular weight is 441 g/mol. The summed E-state index contributed by atoms with van der Waals surface area (Å²) in [5.74, 6) is -3.15. The summed E-state index contributed by atoms with van der Waals surface area (Å²) in [7, 11) is 0. The Morgan fingerprint density at radius 3 is 2.50 bits per heavy atom. The Kier molecular flexibility index (Phi) is 6.55. The fourth-order valence-corrected chi connectivity index (χ4v) is 3.82. The molecule has 3 rings (SSSR count). The summed E-state index contributed by atoms with van der Waals surface area (Å²) < 4.78 is 27.7. The maximum atomic E-state index is 13.6. The molecule has 144 valence electrons. The lowest BCUT2D eigenvalue weighted by molar-refractivity contribution is -0.113. The minimum absolute atomic E-state index is 0.0526. The van der Waals surface area contributed by atoms with E-state index in [4.69, 9.17) is 11.6 Å². The molecule has 1 heterocycles. The van der Waals surface area contributed by atoms with E-state index >= 15 is 0 Å². The van der Waals surface area contributed by atoms with Crippen LogP contribution in [0.3, 0.4) is 0 Å². The molecule has 0 bridgehead atoms. The molecule has 0 spiro atoms. The predicted molar refractivity (Wildman–Crippen MR) is 105 cm³/mol. The second-order valence-corrected chi connectivity index (χ2v) is 7.91. The number of anilines is 2. The van der Waals surface area contributed by atoms with Crippen LogP contribution in [0, 0.1) is 11.6 Å². The first-order chi connectivity index (χ1) is 13.4. The monoisotopic (exact) mass is 440 g/mol. The highest BCUT2D eigenvalue weighted by molar-refractivity contribution is 8.01. The molecule has 2 N–H and O–H groups in total. The van der Waals surface area contributed by atoms with Crippen molar-refractivity contribution in [3.8, 4) is 0 Å². The zero-order valence-electron chi connectivity index (χ0n) is 13.9. The highest BCUT2D eigenvalue weighted by Crippen LogP contribution is 2.26. The predicted octanol–water partition coefficient (Wildman–Crippen LogP) is 4.45. The van der Waals surface area contributed by atoms with E-state index in [1.54, 1.807) is 24.3 Å². The summed E-state index contributed by atoms with van der Waals surface area (Å²) in [5.41, 5.74) is -0.136. The molecule has 0 unspecified atom stereocenters. The quantitative estimate of drug-likeness (QED) is 0.437. The molecule has 0 fully saturated rings.